The zero-order chi connectivity index (χ0) is 24.1. The number of aryl methyl sites for hydroxylation is 1. The van der Waals surface area contributed by atoms with Gasteiger partial charge in [0.1, 0.15) is 12.4 Å². The summed E-state index contributed by atoms with van der Waals surface area (Å²) in [6.07, 6.45) is 8.48. The number of piperidine rings is 1. The number of halogens is 1. The van der Waals surface area contributed by atoms with Crippen molar-refractivity contribution in [3.8, 4) is 5.69 Å². The van der Waals surface area contributed by atoms with Crippen molar-refractivity contribution in [2.24, 2.45) is 16.0 Å². The quantitative estimate of drug-likeness (QED) is 0.541. The normalized spacial score (nSPS) is 29.1. The van der Waals surface area contributed by atoms with Crippen molar-refractivity contribution in [2.45, 2.75) is 44.6 Å². The molecule has 0 radical (unpaired) electrons. The molecule has 8 rings (SSSR count). The molecule has 7 heteroatoms. The number of fused-ring (bicyclic) bond motifs is 3. The highest BCUT2D eigenvalue weighted by atomic mass is 19.1. The molecule has 5 aliphatic rings. The summed E-state index contributed by atoms with van der Waals surface area (Å²) in [6.45, 7) is 5.05. The number of imidazole rings is 1. The van der Waals surface area contributed by atoms with Gasteiger partial charge in [0.25, 0.3) is 0 Å². The average molecular weight is 485 g/mol. The van der Waals surface area contributed by atoms with Crippen LogP contribution in [0.4, 0.5) is 4.39 Å². The Hall–Kier alpha value is -3.19. The minimum atomic E-state index is -0.210. The summed E-state index contributed by atoms with van der Waals surface area (Å²) in [5, 5.41) is 4.71. The van der Waals surface area contributed by atoms with Crippen molar-refractivity contribution in [2.75, 3.05) is 26.4 Å². The molecule has 3 atom stereocenters. The fourth-order valence-electron chi connectivity index (χ4n) is 7.35. The minimum absolute atomic E-state index is 0.0167. The maximum Gasteiger partial charge on any atom is 0.152 e. The Balaban J connectivity index is 1.17. The number of amidine groups is 1. The predicted molar refractivity (Wildman–Crippen MR) is 133 cm³/mol. The predicted octanol–water partition coefficient (Wildman–Crippen LogP) is 4.70. The van der Waals surface area contributed by atoms with E-state index in [9.17, 15) is 4.39 Å². The third-order valence-electron chi connectivity index (χ3n) is 9.25. The first-order chi connectivity index (χ1) is 17.6. The largest absolute Gasteiger partial charge is 0.392 e. The van der Waals surface area contributed by atoms with Crippen molar-refractivity contribution in [1.29, 1.82) is 0 Å². The van der Waals surface area contributed by atoms with Gasteiger partial charge in [0.15, 0.2) is 5.84 Å². The molecule has 4 heterocycles. The first-order valence-electron chi connectivity index (χ1n) is 13.0. The highest BCUT2D eigenvalue weighted by Crippen LogP contribution is 2.70. The lowest BCUT2D eigenvalue weighted by molar-refractivity contribution is -0.148. The molecule has 3 unspecified atom stereocenters. The number of rotatable bonds is 3. The molecular formula is C29H29FN4O2. The Bertz CT molecular complexity index is 1410. The fourth-order valence-corrected chi connectivity index (χ4v) is 7.35. The van der Waals surface area contributed by atoms with E-state index in [0.717, 1.165) is 62.5 Å². The van der Waals surface area contributed by atoms with Crippen LogP contribution in [0.15, 0.2) is 54.1 Å². The molecule has 1 aromatic heterocycles. The van der Waals surface area contributed by atoms with Gasteiger partial charge in [0, 0.05) is 29.3 Å². The summed E-state index contributed by atoms with van der Waals surface area (Å²) in [4.78, 5) is 12.8. The molecule has 0 bridgehead atoms. The Kier molecular flexibility index (Phi) is 4.18. The van der Waals surface area contributed by atoms with Gasteiger partial charge >= 0.3 is 0 Å². The smallest absolute Gasteiger partial charge is 0.152 e. The number of nitrogens with zero attached hydrogens (tertiary/aromatic N) is 4. The second kappa shape index (κ2) is 7.19. The van der Waals surface area contributed by atoms with E-state index in [1.807, 2.05) is 25.4 Å². The lowest BCUT2D eigenvalue weighted by atomic mass is 9.69. The summed E-state index contributed by atoms with van der Waals surface area (Å²) in [5.74, 6) is 1.32. The van der Waals surface area contributed by atoms with E-state index >= 15 is 0 Å². The SMILES string of the molecule is Cc1cn(-c2ccc(C3CC34CC3(COC3)CN3C4=NOCC3c3ccc(F)cc3)c3c2CC3)cn1. The van der Waals surface area contributed by atoms with Crippen molar-refractivity contribution in [3.05, 3.63) is 82.7 Å². The van der Waals surface area contributed by atoms with Gasteiger partial charge in [-0.05, 0) is 79.0 Å². The summed E-state index contributed by atoms with van der Waals surface area (Å²) in [7, 11) is 0. The van der Waals surface area contributed by atoms with E-state index in [1.54, 1.807) is 12.1 Å². The van der Waals surface area contributed by atoms with Crippen molar-refractivity contribution in [1.82, 2.24) is 14.5 Å². The Labute approximate surface area is 209 Å². The lowest BCUT2D eigenvalue weighted by Gasteiger charge is -2.55. The van der Waals surface area contributed by atoms with Gasteiger partial charge in [0.05, 0.1) is 31.3 Å². The highest BCUT2D eigenvalue weighted by Gasteiger charge is 2.68. The van der Waals surface area contributed by atoms with Gasteiger partial charge in [-0.1, -0.05) is 23.4 Å². The number of aromatic nitrogens is 2. The molecule has 6 nitrogen and oxygen atoms in total. The topological polar surface area (TPSA) is 51.9 Å². The summed E-state index contributed by atoms with van der Waals surface area (Å²) < 4.78 is 21.6. The second-order valence-corrected chi connectivity index (χ2v) is 11.5. The highest BCUT2D eigenvalue weighted by molar-refractivity contribution is 5.94. The van der Waals surface area contributed by atoms with Crippen LogP contribution in [0.5, 0.6) is 0 Å². The summed E-state index contributed by atoms with van der Waals surface area (Å²) in [5.41, 5.74) is 7.99. The molecule has 2 aliphatic carbocycles. The maximum absolute atomic E-state index is 13.7. The zero-order valence-electron chi connectivity index (χ0n) is 20.4. The molecule has 0 amide bonds. The number of benzene rings is 2. The molecule has 3 aromatic rings. The van der Waals surface area contributed by atoms with Crippen LogP contribution in [0.1, 0.15) is 52.7 Å². The molecule has 1 saturated carbocycles. The summed E-state index contributed by atoms with van der Waals surface area (Å²) in [6, 6.07) is 11.6. The van der Waals surface area contributed by atoms with Crippen LogP contribution in [-0.2, 0) is 22.4 Å². The zero-order valence-corrected chi connectivity index (χ0v) is 20.4. The molecule has 184 valence electrons. The van der Waals surface area contributed by atoms with E-state index in [0.29, 0.717) is 12.5 Å². The van der Waals surface area contributed by atoms with Crippen LogP contribution in [0.25, 0.3) is 5.69 Å². The average Bonchev–Trinajstić information content (AvgIpc) is 3.37. The van der Waals surface area contributed by atoms with Crippen molar-refractivity contribution < 1.29 is 14.0 Å². The fraction of sp³-hybridized carbons (Fsp3) is 0.448. The van der Waals surface area contributed by atoms with Gasteiger partial charge in [-0.2, -0.15) is 0 Å². The number of ether oxygens (including phenoxy) is 1. The molecule has 3 aliphatic heterocycles. The van der Waals surface area contributed by atoms with Gasteiger partial charge in [-0.3, -0.25) is 0 Å². The monoisotopic (exact) mass is 484 g/mol. The number of hydrogen-bond donors (Lipinski definition) is 0. The first kappa shape index (κ1) is 20.9. The van der Waals surface area contributed by atoms with Crippen LogP contribution in [0.2, 0.25) is 0 Å². The Morgan fingerprint density at radius 1 is 1.06 bits per heavy atom. The van der Waals surface area contributed by atoms with Crippen molar-refractivity contribution in [3.63, 3.8) is 0 Å². The van der Waals surface area contributed by atoms with Gasteiger partial charge in [-0.25, -0.2) is 9.37 Å². The van der Waals surface area contributed by atoms with Crippen LogP contribution in [0.3, 0.4) is 0 Å². The second-order valence-electron chi connectivity index (χ2n) is 11.5. The minimum Gasteiger partial charge on any atom is -0.392 e. The first-order valence-corrected chi connectivity index (χ1v) is 13.0. The van der Waals surface area contributed by atoms with E-state index in [1.165, 1.54) is 22.4 Å². The van der Waals surface area contributed by atoms with Crippen LogP contribution >= 0.6 is 0 Å². The lowest BCUT2D eigenvalue weighted by Crippen LogP contribution is -2.62. The molecule has 3 fully saturated rings. The van der Waals surface area contributed by atoms with Crippen LogP contribution < -0.4 is 0 Å². The molecule has 0 N–H and O–H groups in total. The van der Waals surface area contributed by atoms with E-state index in [-0.39, 0.29) is 22.7 Å². The van der Waals surface area contributed by atoms with Gasteiger partial charge in [0.2, 0.25) is 0 Å². The number of oxime groups is 1. The van der Waals surface area contributed by atoms with Crippen molar-refractivity contribution >= 4 is 5.84 Å². The summed E-state index contributed by atoms with van der Waals surface area (Å²) >= 11 is 0. The molecule has 2 aromatic carbocycles. The van der Waals surface area contributed by atoms with Crippen LogP contribution in [-0.4, -0.2) is 46.7 Å². The molecule has 2 saturated heterocycles. The third kappa shape index (κ3) is 2.86. The van der Waals surface area contributed by atoms with Gasteiger partial charge in [-0.15, -0.1) is 0 Å². The Morgan fingerprint density at radius 2 is 1.89 bits per heavy atom. The van der Waals surface area contributed by atoms with E-state index < -0.39 is 0 Å². The number of hydrogen-bond acceptors (Lipinski definition) is 5. The maximum atomic E-state index is 13.7. The molecular weight excluding hydrogens is 455 g/mol. The molecule has 36 heavy (non-hydrogen) atoms. The Morgan fingerprint density at radius 3 is 2.58 bits per heavy atom. The molecule has 2 spiro atoms. The van der Waals surface area contributed by atoms with Gasteiger partial charge < -0.3 is 19.0 Å². The standard InChI is InChI=1S/C29H29FN4O2/c1-18-11-33(17-31-18)25-9-8-22(21-6-7-23(21)25)24-10-29(24)13-28(15-35-16-28)14-34-26(12-36-32-27(29)34)19-2-4-20(30)5-3-19/h2-5,8-9,11,17,24,26H,6-7,10,12-16H2,1H3. The van der Waals surface area contributed by atoms with Crippen LogP contribution in [0, 0.1) is 23.6 Å². The third-order valence-corrected chi connectivity index (χ3v) is 9.25. The van der Waals surface area contributed by atoms with E-state index in [4.69, 9.17) is 14.7 Å². The van der Waals surface area contributed by atoms with E-state index in [2.05, 4.69) is 32.8 Å².